The van der Waals surface area contributed by atoms with Crippen molar-refractivity contribution in [2.75, 3.05) is 5.32 Å². The average molecular weight is 357 g/mol. The van der Waals surface area contributed by atoms with Gasteiger partial charge in [-0.3, -0.25) is 9.59 Å². The molecule has 1 fully saturated rings. The number of hydrogen-bond donors (Lipinski definition) is 1. The second-order valence-electron chi connectivity index (χ2n) is 7.49. The van der Waals surface area contributed by atoms with E-state index in [0.717, 1.165) is 16.7 Å². The van der Waals surface area contributed by atoms with Crippen molar-refractivity contribution in [3.8, 4) is 0 Å². The van der Waals surface area contributed by atoms with Crippen LogP contribution in [0.5, 0.6) is 0 Å². The number of carbonyl (C=O) groups excluding carboxylic acids is 2. The molecule has 2 aliphatic carbocycles. The summed E-state index contributed by atoms with van der Waals surface area (Å²) in [6, 6.07) is 12.4. The summed E-state index contributed by atoms with van der Waals surface area (Å²) < 4.78 is 0. The van der Waals surface area contributed by atoms with Crippen LogP contribution in [0.3, 0.4) is 0 Å². The number of ketones is 1. The molecule has 1 N–H and O–H groups in total. The Morgan fingerprint density at radius 2 is 1.52 bits per heavy atom. The van der Waals surface area contributed by atoms with Gasteiger partial charge in [0.15, 0.2) is 5.78 Å². The highest BCUT2D eigenvalue weighted by Crippen LogP contribution is 2.51. The second kappa shape index (κ2) is 5.98. The lowest BCUT2D eigenvalue weighted by Crippen LogP contribution is -2.12. The highest BCUT2D eigenvalue weighted by molar-refractivity contribution is 6.06. The Hall–Kier alpha value is -3.08. The van der Waals surface area contributed by atoms with Crippen LogP contribution in [0.4, 0.5) is 5.69 Å². The second-order valence-corrected chi connectivity index (χ2v) is 7.49. The number of amides is 1. The van der Waals surface area contributed by atoms with Gasteiger partial charge in [-0.1, -0.05) is 0 Å². The summed E-state index contributed by atoms with van der Waals surface area (Å²) in [5.74, 6) is 0.917. The molecule has 0 spiro atoms. The van der Waals surface area contributed by atoms with E-state index < -0.39 is 0 Å². The molecule has 0 saturated heterocycles. The van der Waals surface area contributed by atoms with Crippen LogP contribution in [0.15, 0.2) is 42.5 Å². The lowest BCUT2D eigenvalue weighted by atomic mass is 10.00. The molecule has 1 aromatic heterocycles. The average Bonchev–Trinajstić information content (AvgIpc) is 3.28. The largest absolute Gasteiger partial charge is 0.322 e. The molecule has 1 heterocycles. The molecule has 1 amide bonds. The van der Waals surface area contributed by atoms with Crippen LogP contribution in [0.1, 0.15) is 70.1 Å². The third-order valence-electron chi connectivity index (χ3n) is 5.74. The number of fused-ring (bicyclic) bond motifs is 6. The van der Waals surface area contributed by atoms with E-state index >= 15 is 0 Å². The molecular weight excluding hydrogens is 338 g/mol. The molecular formula is C22H19N3O2. The lowest BCUT2D eigenvalue weighted by molar-refractivity contribution is 0.101. The van der Waals surface area contributed by atoms with Crippen LogP contribution in [-0.4, -0.2) is 21.7 Å². The number of benzene rings is 2. The van der Waals surface area contributed by atoms with Crippen LogP contribution in [0.2, 0.25) is 0 Å². The van der Waals surface area contributed by atoms with Crippen molar-refractivity contribution >= 4 is 28.4 Å². The predicted octanol–water partition coefficient (Wildman–Crippen LogP) is 4.45. The predicted molar refractivity (Wildman–Crippen MR) is 103 cm³/mol. The van der Waals surface area contributed by atoms with Crippen molar-refractivity contribution in [3.63, 3.8) is 0 Å². The van der Waals surface area contributed by atoms with Gasteiger partial charge >= 0.3 is 0 Å². The Morgan fingerprint density at radius 1 is 0.889 bits per heavy atom. The summed E-state index contributed by atoms with van der Waals surface area (Å²) in [6.45, 7) is 1.52. The van der Waals surface area contributed by atoms with Gasteiger partial charge < -0.3 is 5.32 Å². The Kier molecular flexibility index (Phi) is 3.57. The van der Waals surface area contributed by atoms with E-state index in [1.807, 2.05) is 12.1 Å². The molecule has 2 aromatic carbocycles. The molecule has 2 bridgehead atoms. The van der Waals surface area contributed by atoms with E-state index in [2.05, 4.69) is 5.32 Å². The van der Waals surface area contributed by atoms with Crippen LogP contribution in [-0.2, 0) is 0 Å². The first-order valence-electron chi connectivity index (χ1n) is 9.32. The highest BCUT2D eigenvalue weighted by atomic mass is 16.1. The van der Waals surface area contributed by atoms with Crippen LogP contribution in [0, 0.1) is 0 Å². The molecule has 2 aliphatic rings. The Morgan fingerprint density at radius 3 is 2.19 bits per heavy atom. The van der Waals surface area contributed by atoms with Gasteiger partial charge in [0, 0.05) is 28.7 Å². The summed E-state index contributed by atoms with van der Waals surface area (Å²) in [7, 11) is 0. The van der Waals surface area contributed by atoms with E-state index in [4.69, 9.17) is 9.97 Å². The van der Waals surface area contributed by atoms with Gasteiger partial charge in [0.05, 0.1) is 22.4 Å². The fourth-order valence-electron chi connectivity index (χ4n) is 4.29. The van der Waals surface area contributed by atoms with Crippen molar-refractivity contribution in [3.05, 3.63) is 65.0 Å². The van der Waals surface area contributed by atoms with Crippen LogP contribution >= 0.6 is 0 Å². The first-order chi connectivity index (χ1) is 13.1. The topological polar surface area (TPSA) is 72.0 Å². The van der Waals surface area contributed by atoms with Crippen LogP contribution < -0.4 is 5.32 Å². The van der Waals surface area contributed by atoms with Crippen molar-refractivity contribution in [1.82, 2.24) is 9.97 Å². The summed E-state index contributed by atoms with van der Waals surface area (Å²) in [4.78, 5) is 33.6. The molecule has 5 heteroatoms. The van der Waals surface area contributed by atoms with Crippen molar-refractivity contribution in [1.29, 1.82) is 0 Å². The Labute approximate surface area is 156 Å². The summed E-state index contributed by atoms with van der Waals surface area (Å²) in [6.07, 6.45) is 3.60. The van der Waals surface area contributed by atoms with Crippen molar-refractivity contribution < 1.29 is 9.59 Å². The Bertz CT molecular complexity index is 1090. The van der Waals surface area contributed by atoms with Crippen LogP contribution in [0.25, 0.3) is 11.0 Å². The van der Waals surface area contributed by atoms with E-state index in [9.17, 15) is 9.59 Å². The van der Waals surface area contributed by atoms with Gasteiger partial charge in [0.2, 0.25) is 0 Å². The SMILES string of the molecule is CC(=O)c1ccc(NC(=O)c2ccc3nc4c(nc3c2)C2CCC4C2)cc1. The fraction of sp³-hybridized carbons (Fsp3) is 0.273. The molecule has 27 heavy (non-hydrogen) atoms. The quantitative estimate of drug-likeness (QED) is 0.703. The smallest absolute Gasteiger partial charge is 0.255 e. The van der Waals surface area contributed by atoms with E-state index in [-0.39, 0.29) is 11.7 Å². The zero-order valence-electron chi connectivity index (χ0n) is 15.0. The maximum absolute atomic E-state index is 12.6. The number of nitrogens with zero attached hydrogens (tertiary/aromatic N) is 2. The number of Topliss-reactive ketones (excluding diaryl/α,β-unsaturated/α-hetero) is 1. The van der Waals surface area contributed by atoms with Gasteiger partial charge in [-0.15, -0.1) is 0 Å². The molecule has 2 atom stereocenters. The van der Waals surface area contributed by atoms with E-state index in [1.165, 1.54) is 31.9 Å². The number of nitrogens with one attached hydrogen (secondary N) is 1. The molecule has 0 aliphatic heterocycles. The minimum atomic E-state index is -0.198. The number of anilines is 1. The standard InChI is InChI=1S/C22H19N3O2/c1-12(26)13-4-7-17(8-5-13)23-22(27)16-6-9-18-19(11-16)25-21-15-3-2-14(10-15)20(21)24-18/h4-9,11,14-15H,2-3,10H2,1H3,(H,23,27). The third-order valence-corrected chi connectivity index (χ3v) is 5.74. The fourth-order valence-corrected chi connectivity index (χ4v) is 4.29. The molecule has 1 saturated carbocycles. The van der Waals surface area contributed by atoms with Gasteiger partial charge in [0.25, 0.3) is 5.91 Å². The van der Waals surface area contributed by atoms with Gasteiger partial charge in [-0.25, -0.2) is 9.97 Å². The summed E-state index contributed by atoms with van der Waals surface area (Å²) in [5.41, 5.74) is 5.76. The number of carbonyl (C=O) groups is 2. The molecule has 0 radical (unpaired) electrons. The highest BCUT2D eigenvalue weighted by Gasteiger charge is 2.39. The van der Waals surface area contributed by atoms with E-state index in [1.54, 1.807) is 30.3 Å². The first-order valence-corrected chi connectivity index (χ1v) is 9.32. The van der Waals surface area contributed by atoms with Gasteiger partial charge in [-0.2, -0.15) is 0 Å². The Balaban J connectivity index is 1.43. The maximum atomic E-state index is 12.6. The lowest BCUT2D eigenvalue weighted by Gasteiger charge is -2.14. The van der Waals surface area contributed by atoms with Gasteiger partial charge in [-0.05, 0) is 68.7 Å². The summed E-state index contributed by atoms with van der Waals surface area (Å²) >= 11 is 0. The number of aromatic nitrogens is 2. The maximum Gasteiger partial charge on any atom is 0.255 e. The van der Waals surface area contributed by atoms with Crippen molar-refractivity contribution in [2.45, 2.75) is 38.0 Å². The van der Waals surface area contributed by atoms with Crippen molar-refractivity contribution in [2.24, 2.45) is 0 Å². The minimum Gasteiger partial charge on any atom is -0.322 e. The molecule has 3 aromatic rings. The minimum absolute atomic E-state index is 0.00205. The number of rotatable bonds is 3. The monoisotopic (exact) mass is 357 g/mol. The summed E-state index contributed by atoms with van der Waals surface area (Å²) in [5, 5.41) is 2.87. The van der Waals surface area contributed by atoms with Gasteiger partial charge in [0.1, 0.15) is 0 Å². The molecule has 5 rings (SSSR count). The third kappa shape index (κ3) is 2.70. The van der Waals surface area contributed by atoms with E-state index in [0.29, 0.717) is 28.7 Å². The number of hydrogen-bond acceptors (Lipinski definition) is 4. The zero-order chi connectivity index (χ0) is 18.5. The molecule has 5 nitrogen and oxygen atoms in total. The normalized spacial score (nSPS) is 19.9. The zero-order valence-corrected chi connectivity index (χ0v) is 15.0. The molecule has 134 valence electrons. The first kappa shape index (κ1) is 16.1. The molecule has 2 unspecified atom stereocenters.